The van der Waals surface area contributed by atoms with E-state index in [0.29, 0.717) is 22.8 Å². The fraction of sp³-hybridized carbons (Fsp3) is 0.136. The molecular weight excluding hydrogens is 354 g/mol. The standard InChI is InChI=1S/C22H21N3O3/c1-15-7-3-4-8-16(15)13-20(26)25-19-10-6-5-9-18(19)22(27)24-17-11-12-21(28-2)23-14-17/h3-12,14H,13H2,1-2H3,(H,24,27)(H,25,26). The lowest BCUT2D eigenvalue weighted by Gasteiger charge is -2.12. The average Bonchev–Trinajstić information content (AvgIpc) is 2.70. The van der Waals surface area contributed by atoms with E-state index in [0.717, 1.165) is 11.1 Å². The van der Waals surface area contributed by atoms with Gasteiger partial charge in [-0.1, -0.05) is 36.4 Å². The van der Waals surface area contributed by atoms with Crippen LogP contribution in [0.15, 0.2) is 66.9 Å². The van der Waals surface area contributed by atoms with Gasteiger partial charge in [-0.3, -0.25) is 9.59 Å². The molecule has 3 aromatic rings. The number of ether oxygens (including phenoxy) is 1. The number of carbonyl (C=O) groups excluding carboxylic acids is 2. The molecular formula is C22H21N3O3. The molecule has 0 aliphatic heterocycles. The van der Waals surface area contributed by atoms with Crippen molar-refractivity contribution in [1.29, 1.82) is 0 Å². The lowest BCUT2D eigenvalue weighted by Crippen LogP contribution is -2.19. The molecule has 1 heterocycles. The molecule has 1 aromatic heterocycles. The van der Waals surface area contributed by atoms with Gasteiger partial charge < -0.3 is 15.4 Å². The third-order valence-corrected chi connectivity index (χ3v) is 4.26. The second-order valence-electron chi connectivity index (χ2n) is 6.24. The normalized spacial score (nSPS) is 10.2. The van der Waals surface area contributed by atoms with E-state index in [2.05, 4.69) is 15.6 Å². The van der Waals surface area contributed by atoms with Crippen LogP contribution in [0.25, 0.3) is 0 Å². The maximum absolute atomic E-state index is 12.7. The minimum atomic E-state index is -0.334. The topological polar surface area (TPSA) is 80.3 Å². The third kappa shape index (κ3) is 4.73. The first-order valence-corrected chi connectivity index (χ1v) is 8.81. The van der Waals surface area contributed by atoms with Crippen molar-refractivity contribution in [2.24, 2.45) is 0 Å². The molecule has 3 rings (SSSR count). The summed E-state index contributed by atoms with van der Waals surface area (Å²) in [4.78, 5) is 29.2. The maximum atomic E-state index is 12.7. The van der Waals surface area contributed by atoms with Crippen LogP contribution in [-0.2, 0) is 11.2 Å². The van der Waals surface area contributed by atoms with Crippen LogP contribution in [0.3, 0.4) is 0 Å². The number of carbonyl (C=O) groups is 2. The van der Waals surface area contributed by atoms with Gasteiger partial charge in [-0.05, 0) is 36.2 Å². The summed E-state index contributed by atoms with van der Waals surface area (Å²) in [5, 5.41) is 5.61. The molecule has 0 fully saturated rings. The molecule has 0 unspecified atom stereocenters. The summed E-state index contributed by atoms with van der Waals surface area (Å²) in [7, 11) is 1.52. The Bertz CT molecular complexity index is 984. The zero-order valence-electron chi connectivity index (χ0n) is 15.7. The number of anilines is 2. The Morgan fingerprint density at radius 3 is 2.43 bits per heavy atom. The van der Waals surface area contributed by atoms with Gasteiger partial charge >= 0.3 is 0 Å². The number of pyridine rings is 1. The summed E-state index contributed by atoms with van der Waals surface area (Å²) in [6.45, 7) is 1.97. The maximum Gasteiger partial charge on any atom is 0.257 e. The number of nitrogens with zero attached hydrogens (tertiary/aromatic N) is 1. The van der Waals surface area contributed by atoms with Gasteiger partial charge in [0.25, 0.3) is 5.91 Å². The second kappa shape index (κ2) is 8.81. The number of rotatable bonds is 6. The molecule has 0 spiro atoms. The van der Waals surface area contributed by atoms with Crippen molar-refractivity contribution in [3.05, 3.63) is 83.6 Å². The Kier molecular flexibility index (Phi) is 6.01. The molecule has 0 saturated heterocycles. The number of amides is 2. The first-order chi connectivity index (χ1) is 13.6. The Balaban J connectivity index is 1.72. The van der Waals surface area contributed by atoms with E-state index in [1.54, 1.807) is 36.4 Å². The van der Waals surface area contributed by atoms with Crippen LogP contribution < -0.4 is 15.4 Å². The van der Waals surface area contributed by atoms with Crippen molar-refractivity contribution >= 4 is 23.2 Å². The van der Waals surface area contributed by atoms with E-state index in [-0.39, 0.29) is 18.2 Å². The van der Waals surface area contributed by atoms with Gasteiger partial charge in [-0.2, -0.15) is 0 Å². The molecule has 28 heavy (non-hydrogen) atoms. The van der Waals surface area contributed by atoms with Crippen molar-refractivity contribution in [2.45, 2.75) is 13.3 Å². The van der Waals surface area contributed by atoms with E-state index < -0.39 is 0 Å². The number of para-hydroxylation sites is 1. The van der Waals surface area contributed by atoms with E-state index in [4.69, 9.17) is 4.74 Å². The van der Waals surface area contributed by atoms with E-state index in [1.807, 2.05) is 31.2 Å². The third-order valence-electron chi connectivity index (χ3n) is 4.26. The predicted molar refractivity (Wildman–Crippen MR) is 109 cm³/mol. The lowest BCUT2D eigenvalue weighted by molar-refractivity contribution is -0.115. The molecule has 0 bridgehead atoms. The highest BCUT2D eigenvalue weighted by Crippen LogP contribution is 2.19. The zero-order chi connectivity index (χ0) is 19.9. The molecule has 0 saturated carbocycles. The minimum absolute atomic E-state index is 0.180. The highest BCUT2D eigenvalue weighted by Gasteiger charge is 2.14. The van der Waals surface area contributed by atoms with Crippen LogP contribution in [0.5, 0.6) is 5.88 Å². The second-order valence-corrected chi connectivity index (χ2v) is 6.24. The summed E-state index contributed by atoms with van der Waals surface area (Å²) in [6.07, 6.45) is 1.75. The molecule has 0 aliphatic carbocycles. The molecule has 2 amide bonds. The van der Waals surface area contributed by atoms with Crippen LogP contribution in [0, 0.1) is 6.92 Å². The highest BCUT2D eigenvalue weighted by atomic mass is 16.5. The zero-order valence-corrected chi connectivity index (χ0v) is 15.7. The van der Waals surface area contributed by atoms with E-state index in [9.17, 15) is 9.59 Å². The summed E-state index contributed by atoms with van der Waals surface area (Å²) in [5.74, 6) is -0.0544. The molecule has 2 N–H and O–H groups in total. The average molecular weight is 375 g/mol. The monoisotopic (exact) mass is 375 g/mol. The fourth-order valence-corrected chi connectivity index (χ4v) is 2.74. The van der Waals surface area contributed by atoms with Crippen LogP contribution in [-0.4, -0.2) is 23.9 Å². The first kappa shape index (κ1) is 19.1. The number of aromatic nitrogens is 1. The van der Waals surface area contributed by atoms with Crippen molar-refractivity contribution in [2.75, 3.05) is 17.7 Å². The predicted octanol–water partition coefficient (Wildman–Crippen LogP) is 3.83. The van der Waals surface area contributed by atoms with Gasteiger partial charge in [0.05, 0.1) is 36.7 Å². The number of hydrogen-bond acceptors (Lipinski definition) is 4. The van der Waals surface area contributed by atoms with Crippen LogP contribution in [0.4, 0.5) is 11.4 Å². The van der Waals surface area contributed by atoms with Gasteiger partial charge in [-0.25, -0.2) is 4.98 Å². The Morgan fingerprint density at radius 1 is 0.964 bits per heavy atom. The fourth-order valence-electron chi connectivity index (χ4n) is 2.74. The van der Waals surface area contributed by atoms with Gasteiger partial charge in [0.15, 0.2) is 0 Å². The van der Waals surface area contributed by atoms with E-state index >= 15 is 0 Å². The Hall–Kier alpha value is -3.67. The molecule has 142 valence electrons. The molecule has 0 radical (unpaired) electrons. The quantitative estimate of drug-likeness (QED) is 0.686. The van der Waals surface area contributed by atoms with Crippen LogP contribution in [0.1, 0.15) is 21.5 Å². The number of hydrogen-bond donors (Lipinski definition) is 2. The van der Waals surface area contributed by atoms with Crippen molar-refractivity contribution in [3.63, 3.8) is 0 Å². The number of aryl methyl sites for hydroxylation is 1. The van der Waals surface area contributed by atoms with E-state index in [1.165, 1.54) is 13.3 Å². The van der Waals surface area contributed by atoms with Crippen molar-refractivity contribution in [3.8, 4) is 5.88 Å². The summed E-state index contributed by atoms with van der Waals surface area (Å²) >= 11 is 0. The molecule has 0 atom stereocenters. The largest absolute Gasteiger partial charge is 0.481 e. The molecule has 6 nitrogen and oxygen atoms in total. The van der Waals surface area contributed by atoms with Crippen molar-refractivity contribution in [1.82, 2.24) is 4.98 Å². The van der Waals surface area contributed by atoms with Gasteiger partial charge in [0.2, 0.25) is 11.8 Å². The van der Waals surface area contributed by atoms with Gasteiger partial charge in [-0.15, -0.1) is 0 Å². The SMILES string of the molecule is COc1ccc(NC(=O)c2ccccc2NC(=O)Cc2ccccc2C)cn1. The number of benzene rings is 2. The van der Waals surface area contributed by atoms with Gasteiger partial charge in [0.1, 0.15) is 0 Å². The summed E-state index contributed by atoms with van der Waals surface area (Å²) < 4.78 is 5.01. The molecule has 0 aliphatic rings. The Morgan fingerprint density at radius 2 is 1.71 bits per heavy atom. The first-order valence-electron chi connectivity index (χ1n) is 8.81. The van der Waals surface area contributed by atoms with Crippen molar-refractivity contribution < 1.29 is 14.3 Å². The molecule has 2 aromatic carbocycles. The molecule has 6 heteroatoms. The Labute approximate surface area is 163 Å². The van der Waals surface area contributed by atoms with Crippen LogP contribution in [0.2, 0.25) is 0 Å². The minimum Gasteiger partial charge on any atom is -0.481 e. The van der Waals surface area contributed by atoms with Gasteiger partial charge in [0, 0.05) is 6.07 Å². The number of nitrogens with one attached hydrogen (secondary N) is 2. The lowest BCUT2D eigenvalue weighted by atomic mass is 10.1. The highest BCUT2D eigenvalue weighted by molar-refractivity contribution is 6.10. The smallest absolute Gasteiger partial charge is 0.257 e. The number of methoxy groups -OCH3 is 1. The summed E-state index contributed by atoms with van der Waals surface area (Å²) in [6, 6.07) is 18.0. The summed E-state index contributed by atoms with van der Waals surface area (Å²) in [5.41, 5.74) is 3.37. The van der Waals surface area contributed by atoms with Crippen LogP contribution >= 0.6 is 0 Å².